The Morgan fingerprint density at radius 2 is 1.06 bits per heavy atom. The lowest BCUT2D eigenvalue weighted by atomic mass is 9.99. The number of rotatable bonds is 3. The number of hydrogen-bond donors (Lipinski definition) is 0. The molecule has 0 amide bonds. The molecular weight excluding hydrogens is 595 g/mol. The largest absolute Gasteiger partial charge is 0.309 e. The van der Waals surface area contributed by atoms with Crippen LogP contribution in [-0.2, 0) is 0 Å². The molecule has 0 N–H and O–H groups in total. The zero-order valence-electron chi connectivity index (χ0n) is 28.2. The summed E-state index contributed by atoms with van der Waals surface area (Å²) >= 11 is 0. The maximum absolute atomic E-state index is 5.11. The minimum absolute atomic E-state index is 0. The first-order valence-corrected chi connectivity index (χ1v) is 16.8. The van der Waals surface area contributed by atoms with E-state index in [4.69, 9.17) is 4.98 Å². The van der Waals surface area contributed by atoms with E-state index in [1.54, 1.807) is 0 Å². The molecule has 0 aliphatic carbocycles. The van der Waals surface area contributed by atoms with E-state index in [9.17, 15) is 0 Å². The molecule has 49 heavy (non-hydrogen) atoms. The molecule has 9 aromatic rings. The highest BCUT2D eigenvalue weighted by Gasteiger charge is 2.18. The van der Waals surface area contributed by atoms with Crippen molar-refractivity contribution in [2.24, 2.45) is 0 Å². The van der Waals surface area contributed by atoms with Gasteiger partial charge >= 0.3 is 0 Å². The second-order valence-electron chi connectivity index (χ2n) is 10.9. The predicted molar refractivity (Wildman–Crippen MR) is 217 cm³/mol. The Hall–Kier alpha value is -5.93. The molecule has 0 spiro atoms. The van der Waals surface area contributed by atoms with Crippen molar-refractivity contribution in [1.82, 2.24) is 14.1 Å². The van der Waals surface area contributed by atoms with Gasteiger partial charge in [0.1, 0.15) is 5.65 Å². The minimum Gasteiger partial charge on any atom is -0.309 e. The zero-order valence-corrected chi connectivity index (χ0v) is 28.2. The average Bonchev–Trinajstić information content (AvgIpc) is 3.70. The summed E-state index contributed by atoms with van der Waals surface area (Å²) in [6.45, 7) is 14.0. The maximum atomic E-state index is 5.11. The highest BCUT2D eigenvalue weighted by molar-refractivity contribution is 6.17. The summed E-state index contributed by atoms with van der Waals surface area (Å²) in [7, 11) is 0. The van der Waals surface area contributed by atoms with Gasteiger partial charge in [0.25, 0.3) is 0 Å². The number of aromatic nitrogens is 3. The van der Waals surface area contributed by atoms with Crippen LogP contribution in [0.3, 0.4) is 0 Å². The first-order valence-electron chi connectivity index (χ1n) is 16.8. The second kappa shape index (κ2) is 15.3. The van der Waals surface area contributed by atoms with Crippen LogP contribution in [0.4, 0.5) is 0 Å². The van der Waals surface area contributed by atoms with Crippen LogP contribution < -0.4 is 0 Å². The summed E-state index contributed by atoms with van der Waals surface area (Å²) in [4.78, 5) is 5.11. The van der Waals surface area contributed by atoms with E-state index in [0.29, 0.717) is 0 Å². The fraction of sp³-hybridized carbons (Fsp3) is 0.109. The molecule has 0 radical (unpaired) electrons. The van der Waals surface area contributed by atoms with Gasteiger partial charge in [0.2, 0.25) is 0 Å². The highest BCUT2D eigenvalue weighted by Crippen LogP contribution is 2.40. The van der Waals surface area contributed by atoms with Gasteiger partial charge in [-0.3, -0.25) is 4.57 Å². The Balaban J connectivity index is 0.000000637. The summed E-state index contributed by atoms with van der Waals surface area (Å²) in [5, 5.41) is 7.33. The summed E-state index contributed by atoms with van der Waals surface area (Å²) in [5.41, 5.74) is 9.10. The van der Waals surface area contributed by atoms with Gasteiger partial charge in [-0.25, -0.2) is 4.98 Å². The minimum atomic E-state index is 0. The highest BCUT2D eigenvalue weighted by atomic mass is 15.0. The van der Waals surface area contributed by atoms with E-state index in [1.165, 1.54) is 43.5 Å². The van der Waals surface area contributed by atoms with E-state index in [-0.39, 0.29) is 7.43 Å². The fourth-order valence-electron chi connectivity index (χ4n) is 6.68. The van der Waals surface area contributed by atoms with Crippen molar-refractivity contribution in [2.45, 2.75) is 35.1 Å². The van der Waals surface area contributed by atoms with Crippen molar-refractivity contribution in [3.8, 4) is 22.5 Å². The van der Waals surface area contributed by atoms with Crippen molar-refractivity contribution in [2.75, 3.05) is 0 Å². The molecule has 0 fully saturated rings. The molecule has 6 aromatic carbocycles. The Kier molecular flexibility index (Phi) is 10.8. The van der Waals surface area contributed by atoms with Gasteiger partial charge in [-0.05, 0) is 64.9 Å². The van der Waals surface area contributed by atoms with E-state index >= 15 is 0 Å². The van der Waals surface area contributed by atoms with Crippen molar-refractivity contribution in [3.63, 3.8) is 0 Å². The molecule has 244 valence electrons. The number of fused-ring (bicyclic) bond motifs is 7. The molecule has 3 heteroatoms. The smallest absolute Gasteiger partial charge is 0.145 e. The van der Waals surface area contributed by atoms with Crippen LogP contribution in [0, 0.1) is 0 Å². The lowest BCUT2D eigenvalue weighted by Crippen LogP contribution is -1.95. The van der Waals surface area contributed by atoms with Crippen molar-refractivity contribution < 1.29 is 0 Å². The second-order valence-corrected chi connectivity index (χ2v) is 10.9. The monoisotopic (exact) mass is 639 g/mol. The maximum Gasteiger partial charge on any atom is 0.145 e. The Morgan fingerprint density at radius 3 is 1.80 bits per heavy atom. The van der Waals surface area contributed by atoms with Crippen molar-refractivity contribution in [1.29, 1.82) is 0 Å². The fourth-order valence-corrected chi connectivity index (χ4v) is 6.68. The third kappa shape index (κ3) is 5.89. The van der Waals surface area contributed by atoms with E-state index < -0.39 is 0 Å². The molecule has 3 aromatic heterocycles. The summed E-state index contributed by atoms with van der Waals surface area (Å²) in [5.74, 6) is 0. The average molecular weight is 640 g/mol. The van der Waals surface area contributed by atoms with Gasteiger partial charge in [0.05, 0.1) is 16.6 Å². The summed E-state index contributed by atoms with van der Waals surface area (Å²) in [6.07, 6.45) is 2.04. The quantitative estimate of drug-likeness (QED) is 0.176. The van der Waals surface area contributed by atoms with Gasteiger partial charge < -0.3 is 4.57 Å². The molecule has 0 saturated carbocycles. The van der Waals surface area contributed by atoms with Crippen LogP contribution in [0.5, 0.6) is 0 Å². The number of hydrogen-bond acceptors (Lipinski definition) is 1. The lowest BCUT2D eigenvalue weighted by Gasteiger charge is -2.10. The number of nitrogens with zero attached hydrogens (tertiary/aromatic N) is 3. The third-order valence-corrected chi connectivity index (χ3v) is 8.53. The third-order valence-electron chi connectivity index (χ3n) is 8.53. The Morgan fingerprint density at radius 1 is 0.469 bits per heavy atom. The molecular formula is C46H45N3. The molecule has 0 atom stereocenters. The molecule has 0 saturated heterocycles. The number of benzene rings is 6. The Labute approximate surface area is 290 Å². The van der Waals surface area contributed by atoms with Crippen molar-refractivity contribution in [3.05, 3.63) is 165 Å². The molecule has 0 bridgehead atoms. The standard InChI is InChI=1S/C39H25N3.2C2H6.C2H4.CH4/c1-2-13-29(14-3-1)42-35-18-8-6-15-32(35)34-24-28(25-40-39(34)42)31-17-10-20-37-38(31)33-16-7-9-19-36(33)41(37)30-22-21-26-11-4-5-12-27(26)23-30;3*1-2;/h1-25H;2*1-2H3;1-2H2;1H4. The normalized spacial score (nSPS) is 10.4. The molecule has 0 aliphatic heterocycles. The Bertz CT molecular complexity index is 2480. The van der Waals surface area contributed by atoms with Crippen LogP contribution in [0.25, 0.3) is 77.0 Å². The summed E-state index contributed by atoms with van der Waals surface area (Å²) < 4.78 is 4.66. The van der Waals surface area contributed by atoms with Crippen LogP contribution in [0.1, 0.15) is 35.1 Å². The van der Waals surface area contributed by atoms with Crippen LogP contribution in [-0.4, -0.2) is 14.1 Å². The first-order chi connectivity index (χ1) is 23.8. The SMILES string of the molecule is C.C=C.CC.CC.c1ccc(-n2c3ccccc3c3cc(-c4cccc5c4c4ccccc4n5-c4ccc5ccccc5c4)cnc32)cc1. The lowest BCUT2D eigenvalue weighted by molar-refractivity contribution is 1.14. The van der Waals surface area contributed by atoms with E-state index in [1.807, 2.05) is 33.9 Å². The van der Waals surface area contributed by atoms with Gasteiger partial charge in [-0.1, -0.05) is 132 Å². The topological polar surface area (TPSA) is 22.8 Å². The van der Waals surface area contributed by atoms with Gasteiger partial charge in [-0.2, -0.15) is 0 Å². The summed E-state index contributed by atoms with van der Waals surface area (Å²) in [6, 6.07) is 52.1. The molecule has 3 nitrogen and oxygen atoms in total. The van der Waals surface area contributed by atoms with E-state index in [0.717, 1.165) is 33.5 Å². The van der Waals surface area contributed by atoms with Gasteiger partial charge in [0, 0.05) is 44.7 Å². The number of pyridine rings is 1. The molecule has 9 rings (SSSR count). The zero-order chi connectivity index (χ0) is 33.6. The predicted octanol–water partition coefficient (Wildman–Crippen LogP) is 13.6. The van der Waals surface area contributed by atoms with Crippen molar-refractivity contribution >= 4 is 54.5 Å². The molecule has 3 heterocycles. The van der Waals surface area contributed by atoms with E-state index in [2.05, 4.69) is 168 Å². The molecule has 0 unspecified atom stereocenters. The first kappa shape index (κ1) is 34.4. The van der Waals surface area contributed by atoms with Crippen LogP contribution in [0.15, 0.2) is 165 Å². The molecule has 0 aliphatic rings. The number of para-hydroxylation sites is 3. The van der Waals surface area contributed by atoms with Crippen LogP contribution in [0.2, 0.25) is 0 Å². The van der Waals surface area contributed by atoms with Crippen LogP contribution >= 0.6 is 0 Å². The van der Waals surface area contributed by atoms with Gasteiger partial charge in [0.15, 0.2) is 0 Å². The van der Waals surface area contributed by atoms with Gasteiger partial charge in [-0.15, -0.1) is 13.2 Å².